The van der Waals surface area contributed by atoms with Crippen molar-refractivity contribution in [3.8, 4) is 5.75 Å². The van der Waals surface area contributed by atoms with E-state index in [4.69, 9.17) is 9.72 Å². The normalized spacial score (nSPS) is 11.9. The van der Waals surface area contributed by atoms with Crippen molar-refractivity contribution < 1.29 is 9.53 Å². The van der Waals surface area contributed by atoms with Gasteiger partial charge in [-0.25, -0.2) is 4.98 Å². The van der Waals surface area contributed by atoms with Crippen LogP contribution in [0.15, 0.2) is 47.8 Å². The molecule has 2 aromatic carbocycles. The Hall–Kier alpha value is -2.66. The van der Waals surface area contributed by atoms with Gasteiger partial charge in [0.15, 0.2) is 0 Å². The number of carbonyl (C=O) groups excluding carboxylic acids is 1. The van der Waals surface area contributed by atoms with Crippen molar-refractivity contribution in [2.24, 2.45) is 0 Å². The van der Waals surface area contributed by atoms with Crippen molar-refractivity contribution >= 4 is 17.2 Å². The van der Waals surface area contributed by atoms with Crippen molar-refractivity contribution in [2.45, 2.75) is 60.2 Å². The van der Waals surface area contributed by atoms with Gasteiger partial charge < -0.3 is 9.64 Å². The van der Waals surface area contributed by atoms with Crippen molar-refractivity contribution in [1.82, 2.24) is 9.88 Å². The zero-order chi connectivity index (χ0) is 21.7. The topological polar surface area (TPSA) is 42.4 Å². The second-order valence-electron chi connectivity index (χ2n) is 7.90. The highest BCUT2D eigenvalue weighted by molar-refractivity contribution is 7.09. The van der Waals surface area contributed by atoms with Crippen LogP contribution in [0.3, 0.4) is 0 Å². The molecule has 1 aromatic heterocycles. The predicted molar refractivity (Wildman–Crippen MR) is 123 cm³/mol. The number of hydrogen-bond donors (Lipinski definition) is 0. The molecule has 0 saturated heterocycles. The molecule has 0 N–H and O–H groups in total. The molecule has 0 aliphatic carbocycles. The Bertz CT molecular complexity index is 992. The summed E-state index contributed by atoms with van der Waals surface area (Å²) in [7, 11) is 0. The van der Waals surface area contributed by atoms with E-state index < -0.39 is 0 Å². The van der Waals surface area contributed by atoms with Gasteiger partial charge in [-0.05, 0) is 69.5 Å². The third-order valence-electron chi connectivity index (χ3n) is 5.14. The van der Waals surface area contributed by atoms with Crippen LogP contribution < -0.4 is 4.74 Å². The van der Waals surface area contributed by atoms with Crippen LogP contribution in [0.1, 0.15) is 58.0 Å². The summed E-state index contributed by atoms with van der Waals surface area (Å²) in [6, 6.07) is 14.1. The fourth-order valence-corrected chi connectivity index (χ4v) is 4.11. The lowest BCUT2D eigenvalue weighted by molar-refractivity contribution is 0.0669. The first kappa shape index (κ1) is 22.0. The number of rotatable bonds is 8. The molecule has 0 bridgehead atoms. The van der Waals surface area contributed by atoms with Crippen LogP contribution in [0.5, 0.6) is 5.75 Å². The fraction of sp³-hybridized carbons (Fsp3) is 0.360. The van der Waals surface area contributed by atoms with E-state index >= 15 is 0 Å². The molecule has 3 aromatic rings. The summed E-state index contributed by atoms with van der Waals surface area (Å²) in [5.74, 6) is 0.911. The average Bonchev–Trinajstić information content (AvgIpc) is 3.16. The smallest absolute Gasteiger partial charge is 0.254 e. The first-order chi connectivity index (χ1) is 14.4. The largest absolute Gasteiger partial charge is 0.486 e. The zero-order valence-corrected chi connectivity index (χ0v) is 19.3. The van der Waals surface area contributed by atoms with E-state index in [1.54, 1.807) is 11.3 Å². The van der Waals surface area contributed by atoms with Crippen LogP contribution in [-0.4, -0.2) is 21.8 Å². The molecule has 0 aliphatic rings. The number of hydrogen-bond acceptors (Lipinski definition) is 4. The van der Waals surface area contributed by atoms with Gasteiger partial charge >= 0.3 is 0 Å². The Balaban J connectivity index is 1.70. The lowest BCUT2D eigenvalue weighted by Crippen LogP contribution is -2.38. The van der Waals surface area contributed by atoms with Gasteiger partial charge in [0.2, 0.25) is 0 Å². The SMILES string of the molecule is CC[C@@H](C)N(Cc1csc(COc2cc(C)cc(C)c2)n1)C(=O)c1cccc(C)c1. The monoisotopic (exact) mass is 422 g/mol. The Labute approximate surface area is 183 Å². The van der Waals surface area contributed by atoms with Gasteiger partial charge in [0.05, 0.1) is 12.2 Å². The summed E-state index contributed by atoms with van der Waals surface area (Å²) < 4.78 is 5.94. The van der Waals surface area contributed by atoms with Gasteiger partial charge in [0, 0.05) is 17.0 Å². The highest BCUT2D eigenvalue weighted by Gasteiger charge is 2.22. The third-order valence-corrected chi connectivity index (χ3v) is 6.01. The molecule has 0 unspecified atom stereocenters. The Morgan fingerprint density at radius 3 is 2.50 bits per heavy atom. The summed E-state index contributed by atoms with van der Waals surface area (Å²) >= 11 is 1.57. The maximum atomic E-state index is 13.2. The Morgan fingerprint density at radius 2 is 1.83 bits per heavy atom. The molecule has 0 aliphatic heterocycles. The molecule has 0 fully saturated rings. The van der Waals surface area contributed by atoms with Crippen molar-refractivity contribution in [3.63, 3.8) is 0 Å². The van der Waals surface area contributed by atoms with E-state index in [2.05, 4.69) is 33.8 Å². The minimum Gasteiger partial charge on any atom is -0.486 e. The number of thiazole rings is 1. The van der Waals surface area contributed by atoms with E-state index in [0.717, 1.165) is 34.0 Å². The number of carbonyl (C=O) groups is 1. The molecule has 1 heterocycles. The molecule has 5 heteroatoms. The number of aryl methyl sites for hydroxylation is 3. The predicted octanol–water partition coefficient (Wildman–Crippen LogP) is 6.09. The van der Waals surface area contributed by atoms with Crippen LogP contribution >= 0.6 is 11.3 Å². The first-order valence-electron chi connectivity index (χ1n) is 10.4. The molecule has 4 nitrogen and oxygen atoms in total. The second kappa shape index (κ2) is 9.90. The molecule has 1 atom stereocenters. The summed E-state index contributed by atoms with van der Waals surface area (Å²) in [6.45, 7) is 11.3. The van der Waals surface area contributed by atoms with E-state index in [-0.39, 0.29) is 11.9 Å². The highest BCUT2D eigenvalue weighted by Crippen LogP contribution is 2.21. The van der Waals surface area contributed by atoms with Gasteiger partial charge in [-0.2, -0.15) is 0 Å². The van der Waals surface area contributed by atoms with E-state index in [9.17, 15) is 4.79 Å². The summed E-state index contributed by atoms with van der Waals surface area (Å²) in [5.41, 5.74) is 5.08. The van der Waals surface area contributed by atoms with Crippen LogP contribution in [0.4, 0.5) is 0 Å². The Kier molecular flexibility index (Phi) is 7.27. The summed E-state index contributed by atoms with van der Waals surface area (Å²) in [6.07, 6.45) is 0.893. The Morgan fingerprint density at radius 1 is 1.10 bits per heavy atom. The highest BCUT2D eigenvalue weighted by atomic mass is 32.1. The molecular formula is C25H30N2O2S. The number of nitrogens with zero attached hydrogens (tertiary/aromatic N) is 2. The fourth-order valence-electron chi connectivity index (χ4n) is 3.42. The number of amides is 1. The summed E-state index contributed by atoms with van der Waals surface area (Å²) in [4.78, 5) is 19.8. The summed E-state index contributed by atoms with van der Waals surface area (Å²) in [5, 5.41) is 2.94. The standard InChI is InChI=1S/C25H30N2O2S/c1-6-20(5)27(25(28)21-9-7-8-17(2)11-21)14-22-16-30-24(26-22)15-29-23-12-18(3)10-19(4)13-23/h7-13,16,20H,6,14-15H2,1-5H3/t20-/m1/s1. The molecule has 0 spiro atoms. The molecule has 0 radical (unpaired) electrons. The van der Waals surface area contributed by atoms with Crippen molar-refractivity contribution in [2.75, 3.05) is 0 Å². The minimum absolute atomic E-state index is 0.0501. The molecule has 30 heavy (non-hydrogen) atoms. The molecule has 0 saturated carbocycles. The maximum Gasteiger partial charge on any atom is 0.254 e. The van der Waals surface area contributed by atoms with Crippen LogP contribution in [0.25, 0.3) is 0 Å². The lowest BCUT2D eigenvalue weighted by Gasteiger charge is -2.28. The quantitative estimate of drug-likeness (QED) is 0.441. The first-order valence-corrected chi connectivity index (χ1v) is 11.3. The van der Waals surface area contributed by atoms with E-state index in [1.165, 1.54) is 11.1 Å². The van der Waals surface area contributed by atoms with Crippen LogP contribution in [0.2, 0.25) is 0 Å². The lowest BCUT2D eigenvalue weighted by atomic mass is 10.1. The third kappa shape index (κ3) is 5.70. The van der Waals surface area contributed by atoms with Gasteiger partial charge in [0.1, 0.15) is 17.4 Å². The van der Waals surface area contributed by atoms with Gasteiger partial charge in [-0.3, -0.25) is 4.79 Å². The van der Waals surface area contributed by atoms with Gasteiger partial charge in [0.25, 0.3) is 5.91 Å². The maximum absolute atomic E-state index is 13.2. The molecular weight excluding hydrogens is 392 g/mol. The minimum atomic E-state index is 0.0501. The zero-order valence-electron chi connectivity index (χ0n) is 18.4. The van der Waals surface area contributed by atoms with Crippen LogP contribution in [-0.2, 0) is 13.2 Å². The van der Waals surface area contributed by atoms with Gasteiger partial charge in [-0.1, -0.05) is 30.7 Å². The van der Waals surface area contributed by atoms with E-state index in [1.807, 2.05) is 53.6 Å². The van der Waals surface area contributed by atoms with Crippen molar-refractivity contribution in [1.29, 1.82) is 0 Å². The average molecular weight is 423 g/mol. The van der Waals surface area contributed by atoms with Gasteiger partial charge in [-0.15, -0.1) is 11.3 Å². The molecule has 158 valence electrons. The number of benzene rings is 2. The van der Waals surface area contributed by atoms with Crippen molar-refractivity contribution in [3.05, 3.63) is 80.8 Å². The molecule has 3 rings (SSSR count). The molecule has 1 amide bonds. The number of ether oxygens (including phenoxy) is 1. The number of aromatic nitrogens is 1. The van der Waals surface area contributed by atoms with Crippen LogP contribution in [0, 0.1) is 20.8 Å². The van der Waals surface area contributed by atoms with E-state index in [0.29, 0.717) is 13.2 Å². The second-order valence-corrected chi connectivity index (χ2v) is 8.85.